The summed E-state index contributed by atoms with van der Waals surface area (Å²) >= 11 is 0. The Kier molecular flexibility index (Phi) is 4.54. The van der Waals surface area contributed by atoms with Gasteiger partial charge in [-0.05, 0) is 31.0 Å². The second-order valence-corrected chi connectivity index (χ2v) is 3.70. The van der Waals surface area contributed by atoms with E-state index in [1.54, 1.807) is 13.0 Å². The van der Waals surface area contributed by atoms with E-state index in [0.717, 1.165) is 12.1 Å². The minimum absolute atomic E-state index is 0.0154. The summed E-state index contributed by atoms with van der Waals surface area (Å²) in [5, 5.41) is 8.91. The van der Waals surface area contributed by atoms with Gasteiger partial charge in [-0.3, -0.25) is 0 Å². The number of benzene rings is 1. The molecule has 0 aliphatic heterocycles. The summed E-state index contributed by atoms with van der Waals surface area (Å²) in [6.07, 6.45) is -4.58. The number of halogens is 3. The molecule has 0 fully saturated rings. The fourth-order valence-corrected chi connectivity index (χ4v) is 1.81. The molecule has 0 N–H and O–H groups in total. The van der Waals surface area contributed by atoms with Crippen LogP contribution in [-0.4, -0.2) is 12.6 Å². The highest BCUT2D eigenvalue weighted by Crippen LogP contribution is 2.35. The number of esters is 1. The van der Waals surface area contributed by atoms with E-state index in [2.05, 4.69) is 0 Å². The van der Waals surface area contributed by atoms with E-state index >= 15 is 0 Å². The van der Waals surface area contributed by atoms with Crippen LogP contribution < -0.4 is 0 Å². The number of rotatable bonds is 3. The van der Waals surface area contributed by atoms with E-state index in [0.29, 0.717) is 0 Å². The van der Waals surface area contributed by atoms with Crippen LogP contribution in [0.2, 0.25) is 0 Å². The molecule has 1 aromatic carbocycles. The van der Waals surface area contributed by atoms with Crippen LogP contribution in [0.3, 0.4) is 0 Å². The van der Waals surface area contributed by atoms with Gasteiger partial charge in [0.1, 0.15) is 6.07 Å². The first-order valence-electron chi connectivity index (χ1n) is 5.67. The van der Waals surface area contributed by atoms with Crippen molar-refractivity contribution in [1.82, 2.24) is 0 Å². The average Bonchev–Trinajstić information content (AvgIpc) is 2.35. The summed E-state index contributed by atoms with van der Waals surface area (Å²) in [5.74, 6) is -0.901. The van der Waals surface area contributed by atoms with Crippen LogP contribution in [0.5, 0.6) is 0 Å². The van der Waals surface area contributed by atoms with Gasteiger partial charge in [0.15, 0.2) is 0 Å². The normalized spacial score (nSPS) is 10.9. The lowest BCUT2D eigenvalue weighted by atomic mass is 9.94. The van der Waals surface area contributed by atoms with Crippen LogP contribution in [0.1, 0.15) is 40.9 Å². The Morgan fingerprint density at radius 3 is 2.42 bits per heavy atom. The summed E-state index contributed by atoms with van der Waals surface area (Å²) in [6, 6.07) is 3.53. The first-order chi connectivity index (χ1) is 8.86. The third-order valence-corrected chi connectivity index (χ3v) is 2.57. The van der Waals surface area contributed by atoms with Crippen molar-refractivity contribution in [3.63, 3.8) is 0 Å². The van der Waals surface area contributed by atoms with Gasteiger partial charge in [-0.2, -0.15) is 18.4 Å². The molecule has 19 heavy (non-hydrogen) atoms. The molecule has 0 amide bonds. The number of hydrogen-bond acceptors (Lipinski definition) is 3. The molecule has 0 bridgehead atoms. The highest BCUT2D eigenvalue weighted by molar-refractivity contribution is 5.94. The van der Waals surface area contributed by atoms with E-state index in [9.17, 15) is 18.0 Å². The van der Waals surface area contributed by atoms with Crippen LogP contribution in [-0.2, 0) is 17.3 Å². The van der Waals surface area contributed by atoms with Gasteiger partial charge in [0.25, 0.3) is 0 Å². The summed E-state index contributed by atoms with van der Waals surface area (Å²) in [4.78, 5) is 11.7. The van der Waals surface area contributed by atoms with Gasteiger partial charge >= 0.3 is 12.1 Å². The zero-order chi connectivity index (χ0) is 14.6. The number of carbonyl (C=O) groups is 1. The van der Waals surface area contributed by atoms with Gasteiger partial charge in [-0.1, -0.05) is 6.92 Å². The van der Waals surface area contributed by atoms with Gasteiger partial charge in [0, 0.05) is 0 Å². The van der Waals surface area contributed by atoms with Crippen molar-refractivity contribution in [2.45, 2.75) is 26.4 Å². The largest absolute Gasteiger partial charge is 0.462 e. The first kappa shape index (κ1) is 15.0. The second-order valence-electron chi connectivity index (χ2n) is 3.70. The number of ether oxygens (including phenoxy) is 1. The quantitative estimate of drug-likeness (QED) is 0.792. The number of alkyl halides is 3. The highest BCUT2D eigenvalue weighted by Gasteiger charge is 2.35. The molecular weight excluding hydrogens is 259 g/mol. The van der Waals surface area contributed by atoms with E-state index in [1.165, 1.54) is 6.92 Å². The van der Waals surface area contributed by atoms with E-state index in [-0.39, 0.29) is 29.7 Å². The zero-order valence-corrected chi connectivity index (χ0v) is 10.5. The molecule has 3 nitrogen and oxygen atoms in total. The molecule has 0 aliphatic rings. The topological polar surface area (TPSA) is 50.1 Å². The lowest BCUT2D eigenvalue weighted by Gasteiger charge is -2.16. The molecule has 1 rings (SSSR count). The summed E-state index contributed by atoms with van der Waals surface area (Å²) in [6.45, 7) is 3.07. The Bertz CT molecular complexity index is 530. The highest BCUT2D eigenvalue weighted by atomic mass is 19.4. The number of hydrogen-bond donors (Lipinski definition) is 0. The SMILES string of the molecule is CCOC(=O)c1c(C#N)ccc(C(F)(F)F)c1CC. The fourth-order valence-electron chi connectivity index (χ4n) is 1.81. The van der Waals surface area contributed by atoms with E-state index in [1.807, 2.05) is 0 Å². The van der Waals surface area contributed by atoms with Crippen molar-refractivity contribution in [3.05, 3.63) is 34.4 Å². The van der Waals surface area contributed by atoms with Crippen molar-refractivity contribution in [3.8, 4) is 6.07 Å². The van der Waals surface area contributed by atoms with Crippen molar-refractivity contribution in [2.24, 2.45) is 0 Å². The predicted molar refractivity (Wildman–Crippen MR) is 61.5 cm³/mol. The predicted octanol–water partition coefficient (Wildman–Crippen LogP) is 3.32. The lowest BCUT2D eigenvalue weighted by Crippen LogP contribution is -2.16. The maximum Gasteiger partial charge on any atom is 0.416 e. The maximum absolute atomic E-state index is 12.9. The molecule has 6 heteroatoms. The number of nitrogens with zero attached hydrogens (tertiary/aromatic N) is 1. The number of carbonyl (C=O) groups excluding carboxylic acids is 1. The molecule has 0 heterocycles. The van der Waals surface area contributed by atoms with Crippen molar-refractivity contribution < 1.29 is 22.7 Å². The second kappa shape index (κ2) is 5.74. The smallest absolute Gasteiger partial charge is 0.416 e. The van der Waals surface area contributed by atoms with E-state index < -0.39 is 17.7 Å². The summed E-state index contributed by atoms with van der Waals surface area (Å²) in [7, 11) is 0. The van der Waals surface area contributed by atoms with Crippen LogP contribution in [0.15, 0.2) is 12.1 Å². The molecule has 0 aliphatic carbocycles. The monoisotopic (exact) mass is 271 g/mol. The Balaban J connectivity index is 3.57. The Labute approximate surface area is 108 Å². The first-order valence-corrected chi connectivity index (χ1v) is 5.67. The van der Waals surface area contributed by atoms with Gasteiger partial charge in [0.2, 0.25) is 0 Å². The van der Waals surface area contributed by atoms with Crippen molar-refractivity contribution >= 4 is 5.97 Å². The number of nitriles is 1. The minimum atomic E-state index is -4.57. The van der Waals surface area contributed by atoms with Gasteiger partial charge < -0.3 is 4.74 Å². The minimum Gasteiger partial charge on any atom is -0.462 e. The van der Waals surface area contributed by atoms with Crippen LogP contribution in [0, 0.1) is 11.3 Å². The molecule has 0 unspecified atom stereocenters. The fraction of sp³-hybridized carbons (Fsp3) is 0.385. The zero-order valence-electron chi connectivity index (χ0n) is 10.5. The molecule has 0 saturated heterocycles. The summed E-state index contributed by atoms with van der Waals surface area (Å²) in [5.41, 5.74) is -1.51. The average molecular weight is 271 g/mol. The molecule has 1 aromatic rings. The van der Waals surface area contributed by atoms with Crippen LogP contribution >= 0.6 is 0 Å². The Morgan fingerprint density at radius 1 is 1.37 bits per heavy atom. The molecular formula is C13H12F3NO2. The Hall–Kier alpha value is -2.03. The van der Waals surface area contributed by atoms with Gasteiger partial charge in [0.05, 0.1) is 23.3 Å². The Morgan fingerprint density at radius 2 is 2.00 bits per heavy atom. The third-order valence-electron chi connectivity index (χ3n) is 2.57. The molecule has 0 spiro atoms. The van der Waals surface area contributed by atoms with Gasteiger partial charge in [-0.15, -0.1) is 0 Å². The van der Waals surface area contributed by atoms with Gasteiger partial charge in [-0.25, -0.2) is 4.79 Å². The van der Waals surface area contributed by atoms with Crippen molar-refractivity contribution in [1.29, 1.82) is 5.26 Å². The van der Waals surface area contributed by atoms with Crippen LogP contribution in [0.4, 0.5) is 13.2 Å². The van der Waals surface area contributed by atoms with E-state index in [4.69, 9.17) is 10.00 Å². The van der Waals surface area contributed by atoms with Crippen molar-refractivity contribution in [2.75, 3.05) is 6.61 Å². The molecule has 0 saturated carbocycles. The molecule has 102 valence electrons. The van der Waals surface area contributed by atoms with Crippen LogP contribution in [0.25, 0.3) is 0 Å². The molecule has 0 atom stereocenters. The molecule has 0 radical (unpaired) electrons. The summed E-state index contributed by atoms with van der Waals surface area (Å²) < 4.78 is 43.3. The maximum atomic E-state index is 12.9. The third kappa shape index (κ3) is 3.05. The lowest BCUT2D eigenvalue weighted by molar-refractivity contribution is -0.138. The molecule has 0 aromatic heterocycles. The standard InChI is InChI=1S/C13H12F3NO2/c1-3-9-10(13(14,15)16)6-5-8(7-17)11(9)12(18)19-4-2/h5-6H,3-4H2,1-2H3.